The molecule has 1 atom stereocenters. The van der Waals surface area contributed by atoms with E-state index < -0.39 is 5.25 Å². The van der Waals surface area contributed by atoms with E-state index in [1.54, 1.807) is 29.1 Å². The molecule has 0 aliphatic carbocycles. The van der Waals surface area contributed by atoms with E-state index in [1.165, 1.54) is 22.7 Å². The number of anilines is 1. The Labute approximate surface area is 253 Å². The number of carbonyl (C=O) groups excluding carboxylic acids is 2. The number of benzene rings is 3. The van der Waals surface area contributed by atoms with Crippen molar-refractivity contribution in [1.29, 1.82) is 0 Å². The second kappa shape index (κ2) is 12.2. The van der Waals surface area contributed by atoms with Crippen LogP contribution in [-0.4, -0.2) is 38.9 Å². The second-order valence-electron chi connectivity index (χ2n) is 10.4. The Kier molecular flexibility index (Phi) is 8.07. The first-order valence-corrected chi connectivity index (χ1v) is 15.0. The second-order valence-corrected chi connectivity index (χ2v) is 11.5. The smallest absolute Gasteiger partial charge is 0.240 e. The van der Waals surface area contributed by atoms with Crippen molar-refractivity contribution in [1.82, 2.24) is 20.1 Å². The number of pyridine rings is 1. The molecule has 2 amide bonds. The molecule has 1 aliphatic heterocycles. The lowest BCUT2D eigenvalue weighted by Crippen LogP contribution is -2.42. The molecule has 9 heteroatoms. The number of fused-ring (bicyclic) bond motifs is 1. The van der Waals surface area contributed by atoms with E-state index in [9.17, 15) is 9.59 Å². The molecular weight excluding hydrogens is 561 g/mol. The van der Waals surface area contributed by atoms with E-state index >= 15 is 4.39 Å². The summed E-state index contributed by atoms with van der Waals surface area (Å²) in [6.07, 6.45) is 1.67. The van der Waals surface area contributed by atoms with Crippen molar-refractivity contribution in [2.24, 2.45) is 0 Å². The van der Waals surface area contributed by atoms with Gasteiger partial charge in [0.15, 0.2) is 0 Å². The minimum absolute atomic E-state index is 0.0578. The van der Waals surface area contributed by atoms with Gasteiger partial charge in [0, 0.05) is 22.9 Å². The Morgan fingerprint density at radius 3 is 2.51 bits per heavy atom. The summed E-state index contributed by atoms with van der Waals surface area (Å²) in [7, 11) is 0. The summed E-state index contributed by atoms with van der Waals surface area (Å²) in [5.74, 6) is -0.444. The Balaban J connectivity index is 1.55. The molecule has 1 N–H and O–H groups in total. The maximum absolute atomic E-state index is 15.4. The third-order valence-electron chi connectivity index (χ3n) is 7.40. The van der Waals surface area contributed by atoms with Crippen molar-refractivity contribution in [2.45, 2.75) is 25.6 Å². The first-order chi connectivity index (χ1) is 20.9. The number of carbonyl (C=O) groups is 2. The SMILES string of the molecule is Cc1ccc(-n2nc(-c3ccccc3)c3c2N(CC(=O)NCc2ccccn2)C(=O)CS[C@H]3c2ccccc2F)c(C)c1. The first kappa shape index (κ1) is 28.4. The van der Waals surface area contributed by atoms with Crippen LogP contribution < -0.4 is 10.2 Å². The Morgan fingerprint density at radius 1 is 1.00 bits per heavy atom. The van der Waals surface area contributed by atoms with Gasteiger partial charge in [-0.25, -0.2) is 9.07 Å². The molecule has 3 aromatic carbocycles. The Hall–Kier alpha value is -4.76. The molecule has 43 heavy (non-hydrogen) atoms. The number of hydrogen-bond donors (Lipinski definition) is 1. The van der Waals surface area contributed by atoms with Gasteiger partial charge in [0.05, 0.1) is 34.6 Å². The summed E-state index contributed by atoms with van der Waals surface area (Å²) in [5, 5.41) is 7.45. The van der Waals surface area contributed by atoms with Crippen LogP contribution >= 0.6 is 11.8 Å². The molecule has 0 bridgehead atoms. The summed E-state index contributed by atoms with van der Waals surface area (Å²) in [6.45, 7) is 4.01. The van der Waals surface area contributed by atoms with Gasteiger partial charge in [-0.15, -0.1) is 11.8 Å². The van der Waals surface area contributed by atoms with Gasteiger partial charge in [0.25, 0.3) is 0 Å². The molecule has 0 spiro atoms. The topological polar surface area (TPSA) is 80.1 Å². The van der Waals surface area contributed by atoms with E-state index in [4.69, 9.17) is 5.10 Å². The number of nitrogens with one attached hydrogen (secondary N) is 1. The largest absolute Gasteiger partial charge is 0.349 e. The molecule has 0 fully saturated rings. The lowest BCUT2D eigenvalue weighted by molar-refractivity contribution is -0.123. The Bertz CT molecular complexity index is 1790. The van der Waals surface area contributed by atoms with Gasteiger partial charge in [-0.2, -0.15) is 5.10 Å². The van der Waals surface area contributed by atoms with Gasteiger partial charge in [-0.3, -0.25) is 19.5 Å². The highest BCUT2D eigenvalue weighted by atomic mass is 32.2. The minimum atomic E-state index is -0.545. The average molecular weight is 592 g/mol. The molecular formula is C34H30FN5O2S. The number of thioether (sulfide) groups is 1. The van der Waals surface area contributed by atoms with Crippen LogP contribution in [0.2, 0.25) is 0 Å². The fourth-order valence-electron chi connectivity index (χ4n) is 5.36. The highest BCUT2D eigenvalue weighted by Crippen LogP contribution is 2.49. The average Bonchev–Trinajstić information content (AvgIpc) is 3.34. The summed E-state index contributed by atoms with van der Waals surface area (Å²) >= 11 is 1.34. The summed E-state index contributed by atoms with van der Waals surface area (Å²) in [5.41, 5.74) is 6.13. The number of rotatable bonds is 7. The van der Waals surface area contributed by atoms with E-state index in [0.29, 0.717) is 28.3 Å². The Morgan fingerprint density at radius 2 is 1.77 bits per heavy atom. The fourth-order valence-corrected chi connectivity index (χ4v) is 6.58. The molecule has 1 aliphatic rings. The molecule has 0 radical (unpaired) electrons. The lowest BCUT2D eigenvalue weighted by Gasteiger charge is -2.24. The van der Waals surface area contributed by atoms with Gasteiger partial charge < -0.3 is 5.32 Å². The van der Waals surface area contributed by atoms with Crippen molar-refractivity contribution >= 4 is 29.4 Å². The van der Waals surface area contributed by atoms with Crippen LogP contribution in [0.1, 0.15) is 33.2 Å². The summed E-state index contributed by atoms with van der Waals surface area (Å²) < 4.78 is 17.2. The number of aryl methyl sites for hydroxylation is 2. The predicted molar refractivity (Wildman–Crippen MR) is 168 cm³/mol. The zero-order valence-electron chi connectivity index (χ0n) is 23.8. The maximum atomic E-state index is 15.4. The summed E-state index contributed by atoms with van der Waals surface area (Å²) in [6, 6.07) is 27.8. The van der Waals surface area contributed by atoms with Crippen molar-refractivity contribution in [2.75, 3.05) is 17.2 Å². The van der Waals surface area contributed by atoms with Crippen LogP contribution in [0.4, 0.5) is 10.2 Å². The first-order valence-electron chi connectivity index (χ1n) is 14.0. The van der Waals surface area contributed by atoms with Crippen LogP contribution in [0.5, 0.6) is 0 Å². The highest BCUT2D eigenvalue weighted by molar-refractivity contribution is 8.00. The van der Waals surface area contributed by atoms with Crippen molar-refractivity contribution in [3.8, 4) is 16.9 Å². The van der Waals surface area contributed by atoms with E-state index in [1.807, 2.05) is 74.5 Å². The van der Waals surface area contributed by atoms with Crippen molar-refractivity contribution in [3.63, 3.8) is 0 Å². The van der Waals surface area contributed by atoms with Crippen LogP contribution in [0, 0.1) is 19.7 Å². The number of hydrogen-bond acceptors (Lipinski definition) is 5. The number of amides is 2. The normalized spacial score (nSPS) is 14.7. The third kappa shape index (κ3) is 5.81. The molecule has 0 unspecified atom stereocenters. The molecule has 216 valence electrons. The van der Waals surface area contributed by atoms with Gasteiger partial charge in [0.1, 0.15) is 18.2 Å². The fraction of sp³-hybridized carbons (Fsp3) is 0.176. The zero-order chi connectivity index (χ0) is 29.9. The van der Waals surface area contributed by atoms with Gasteiger partial charge in [0.2, 0.25) is 11.8 Å². The minimum Gasteiger partial charge on any atom is -0.349 e. The quantitative estimate of drug-likeness (QED) is 0.245. The van der Waals surface area contributed by atoms with Gasteiger partial charge in [-0.05, 0) is 43.7 Å². The third-order valence-corrected chi connectivity index (χ3v) is 8.64. The zero-order valence-corrected chi connectivity index (χ0v) is 24.6. The monoisotopic (exact) mass is 591 g/mol. The van der Waals surface area contributed by atoms with Crippen LogP contribution in [-0.2, 0) is 16.1 Å². The van der Waals surface area contributed by atoms with Gasteiger partial charge in [-0.1, -0.05) is 72.3 Å². The molecule has 6 rings (SSSR count). The molecule has 0 saturated carbocycles. The molecule has 3 heterocycles. The van der Waals surface area contributed by atoms with Crippen molar-refractivity contribution < 1.29 is 14.0 Å². The van der Waals surface area contributed by atoms with Crippen molar-refractivity contribution in [3.05, 3.63) is 131 Å². The van der Waals surface area contributed by atoms with Crippen LogP contribution in [0.25, 0.3) is 16.9 Å². The molecule has 5 aromatic rings. The van der Waals surface area contributed by atoms with Crippen LogP contribution in [0.3, 0.4) is 0 Å². The van der Waals surface area contributed by atoms with E-state index in [2.05, 4.69) is 16.4 Å². The predicted octanol–water partition coefficient (Wildman–Crippen LogP) is 6.18. The standard InChI is InChI=1S/C34H30FN5O2S/c1-22-15-16-28(23(2)18-22)40-34-31(32(38-40)24-10-4-3-5-11-24)33(26-13-6-7-14-27(26)35)43-21-30(42)39(34)20-29(41)37-19-25-12-8-9-17-36-25/h3-18,33H,19-21H2,1-2H3,(H,37,41)/t33-/m0/s1. The van der Waals surface area contributed by atoms with E-state index in [-0.39, 0.29) is 36.5 Å². The van der Waals surface area contributed by atoms with Gasteiger partial charge >= 0.3 is 0 Å². The maximum Gasteiger partial charge on any atom is 0.240 e. The number of halogens is 1. The summed E-state index contributed by atoms with van der Waals surface area (Å²) in [4.78, 5) is 33.0. The lowest BCUT2D eigenvalue weighted by atomic mass is 9.99. The molecule has 7 nitrogen and oxygen atoms in total. The number of aromatic nitrogens is 3. The van der Waals surface area contributed by atoms with Crippen LogP contribution in [0.15, 0.2) is 97.2 Å². The van der Waals surface area contributed by atoms with E-state index in [0.717, 1.165) is 22.4 Å². The molecule has 0 saturated heterocycles. The highest BCUT2D eigenvalue weighted by Gasteiger charge is 2.38. The number of nitrogens with zero attached hydrogens (tertiary/aromatic N) is 4. The molecule has 2 aromatic heterocycles.